The second-order valence-corrected chi connectivity index (χ2v) is 37.7. The van der Waals surface area contributed by atoms with E-state index in [-0.39, 0.29) is 35.3 Å². The second-order valence-electron chi connectivity index (χ2n) is 25.7. The molecule has 21 heteroatoms. The second kappa shape index (κ2) is 31.2. The van der Waals surface area contributed by atoms with Crippen LogP contribution in [0.1, 0.15) is 87.3 Å². The Labute approximate surface area is 530 Å². The van der Waals surface area contributed by atoms with Crippen molar-refractivity contribution >= 4 is 88.5 Å². The number of para-hydroxylation sites is 1. The van der Waals surface area contributed by atoms with Gasteiger partial charge in [-0.05, 0) is 138 Å². The first-order valence-corrected chi connectivity index (χ1v) is 37.4. The zero-order valence-electron chi connectivity index (χ0n) is 54.2. The minimum Gasteiger partial charge on any atom is -0.491 e. The molecule has 7 rings (SSSR count). The van der Waals surface area contributed by atoms with Gasteiger partial charge in [-0.2, -0.15) is 4.99 Å². The van der Waals surface area contributed by atoms with E-state index in [4.69, 9.17) is 43.5 Å². The fourth-order valence-electron chi connectivity index (χ4n) is 9.96. The monoisotopic (exact) mass is 1270 g/mol. The zero-order chi connectivity index (χ0) is 63.8. The number of hydrogen-bond acceptors (Lipinski definition) is 16. The summed E-state index contributed by atoms with van der Waals surface area (Å²) in [4.78, 5) is 46.2. The third-order valence-corrected chi connectivity index (χ3v) is 23.6. The molecule has 16 nitrogen and oxygen atoms in total. The number of aromatic nitrogens is 4. The average molecular weight is 1270 g/mol. The molecular weight excluding hydrogens is 1180 g/mol. The number of thiazole rings is 2. The summed E-state index contributed by atoms with van der Waals surface area (Å²) < 4.78 is 49.7. The first kappa shape index (κ1) is 68.9. The molecule has 88 heavy (non-hydrogen) atoms. The van der Waals surface area contributed by atoms with E-state index in [0.29, 0.717) is 99.0 Å². The summed E-state index contributed by atoms with van der Waals surface area (Å²) in [6, 6.07) is 37.2. The number of amides is 1. The van der Waals surface area contributed by atoms with Crippen LogP contribution in [0.25, 0.3) is 10.2 Å². The fourth-order valence-corrected chi connectivity index (χ4v) is 17.6. The van der Waals surface area contributed by atoms with Gasteiger partial charge in [-0.25, -0.2) is 19.0 Å². The maximum Gasteiger partial charge on any atom is 0.410 e. The van der Waals surface area contributed by atoms with Crippen molar-refractivity contribution < 1.29 is 37.4 Å². The van der Waals surface area contributed by atoms with E-state index in [1.165, 1.54) is 34.9 Å². The smallest absolute Gasteiger partial charge is 0.410 e. The Balaban J connectivity index is 1.25. The molecule has 0 aliphatic carbocycles. The molecule has 0 saturated heterocycles. The van der Waals surface area contributed by atoms with Crippen molar-refractivity contribution in [1.29, 1.82) is 0 Å². The molecule has 3 aromatic heterocycles. The number of esters is 1. The van der Waals surface area contributed by atoms with Crippen LogP contribution >= 0.6 is 22.7 Å². The van der Waals surface area contributed by atoms with Crippen LogP contribution in [0.3, 0.4) is 0 Å². The summed E-state index contributed by atoms with van der Waals surface area (Å²) in [5, 5.41) is 12.3. The first-order chi connectivity index (χ1) is 41.7. The Kier molecular flexibility index (Phi) is 24.4. The molecule has 0 fully saturated rings. The van der Waals surface area contributed by atoms with E-state index in [0.717, 1.165) is 26.6 Å². The van der Waals surface area contributed by atoms with Crippen LogP contribution in [-0.2, 0) is 31.8 Å². The van der Waals surface area contributed by atoms with Crippen LogP contribution < -0.4 is 24.8 Å². The number of rotatable bonds is 28. The molecule has 1 amide bonds. The lowest BCUT2D eigenvalue weighted by atomic mass is 10.2. The van der Waals surface area contributed by atoms with Crippen molar-refractivity contribution in [2.75, 3.05) is 86.1 Å². The van der Waals surface area contributed by atoms with E-state index in [2.05, 4.69) is 129 Å². The Morgan fingerprint density at radius 3 is 2.12 bits per heavy atom. The molecule has 7 aromatic rings. The number of anilines is 2. The highest BCUT2D eigenvalue weighted by molar-refractivity contribution is 7.16. The molecule has 0 saturated carbocycles. The van der Waals surface area contributed by atoms with Crippen molar-refractivity contribution in [1.82, 2.24) is 34.4 Å². The number of methoxy groups -OCH3 is 1. The lowest BCUT2D eigenvalue weighted by Gasteiger charge is -2.46. The highest BCUT2D eigenvalue weighted by Crippen LogP contribution is 2.39. The van der Waals surface area contributed by atoms with Gasteiger partial charge in [-0.3, -0.25) is 9.47 Å². The number of hydrogen-bond donors (Lipinski definition) is 0. The number of benzene rings is 4. The highest BCUT2D eigenvalue weighted by atomic mass is 32.1. The predicted octanol–water partition coefficient (Wildman–Crippen LogP) is 12.3. The van der Waals surface area contributed by atoms with Crippen LogP contribution in [0, 0.1) is 24.6 Å². The average Bonchev–Trinajstić information content (AvgIpc) is 1.10. The molecule has 0 radical (unpaired) electrons. The molecule has 1 atom stereocenters. The molecule has 0 spiro atoms. The van der Waals surface area contributed by atoms with E-state index < -0.39 is 33.8 Å². The van der Waals surface area contributed by atoms with Gasteiger partial charge in [0.25, 0.3) is 8.32 Å². The normalized spacial score (nSPS) is 12.8. The maximum absolute atomic E-state index is 15.3. The fraction of sp³-hybridized carbons (Fsp3) is 0.463. The summed E-state index contributed by atoms with van der Waals surface area (Å²) in [6.07, 6.45) is 1.38. The molecule has 4 aromatic carbocycles. The summed E-state index contributed by atoms with van der Waals surface area (Å²) in [5.74, 6) is 6.06. The number of carbonyl (C=O) groups excluding carboxylic acids is 2. The molecular formula is C67H90FN9O7S2Si2. The van der Waals surface area contributed by atoms with Gasteiger partial charge in [0, 0.05) is 58.3 Å². The van der Waals surface area contributed by atoms with Crippen molar-refractivity contribution in [2.24, 2.45) is 4.99 Å². The van der Waals surface area contributed by atoms with Gasteiger partial charge in [-0.1, -0.05) is 136 Å². The lowest BCUT2D eigenvalue weighted by Crippen LogP contribution is -2.68. The van der Waals surface area contributed by atoms with Gasteiger partial charge >= 0.3 is 12.1 Å². The van der Waals surface area contributed by atoms with Crippen molar-refractivity contribution in [3.05, 3.63) is 142 Å². The third-order valence-electron chi connectivity index (χ3n) is 14.6. The van der Waals surface area contributed by atoms with Crippen molar-refractivity contribution in [2.45, 2.75) is 123 Å². The quantitative estimate of drug-likeness (QED) is 0.0198. The SMILES string of the molecule is COC(=O)c1nc(N(CCCC(CN(C)CCN(C)C(=O)OC(C)(C)C)O[Si](c2ccccc2)(c2ccccc2)C(C)(C)C)c2cc(C)c(/N=c3\sc4ccccc4n3COCC[Si](C)(C)C)nn2)sc1CCCOc1ccc(C#CCN(C)C)cc1F. The Morgan fingerprint density at radius 1 is 0.818 bits per heavy atom. The highest BCUT2D eigenvalue weighted by Gasteiger charge is 2.51. The van der Waals surface area contributed by atoms with Gasteiger partial charge in [0.05, 0.1) is 36.6 Å². The number of nitrogens with zero attached hydrogens (tertiary/aromatic N) is 9. The number of ether oxygens (including phenoxy) is 4. The first-order valence-electron chi connectivity index (χ1n) is 30.1. The number of fused-ring (bicyclic) bond motifs is 1. The molecule has 0 bridgehead atoms. The van der Waals surface area contributed by atoms with E-state index in [1.807, 2.05) is 81.9 Å². The molecule has 3 heterocycles. The summed E-state index contributed by atoms with van der Waals surface area (Å²) in [6.45, 7) is 25.2. The Morgan fingerprint density at radius 2 is 1.50 bits per heavy atom. The van der Waals surface area contributed by atoms with Crippen LogP contribution in [0.4, 0.5) is 26.0 Å². The topological polar surface area (TPSA) is 149 Å². The molecule has 0 aliphatic heterocycles. The van der Waals surface area contributed by atoms with Crippen LogP contribution in [0.2, 0.25) is 30.7 Å². The van der Waals surface area contributed by atoms with E-state index >= 15 is 4.39 Å². The lowest BCUT2D eigenvalue weighted by molar-refractivity contribution is 0.0280. The van der Waals surface area contributed by atoms with E-state index in [1.54, 1.807) is 35.4 Å². The zero-order valence-corrected chi connectivity index (χ0v) is 57.9. The largest absolute Gasteiger partial charge is 0.491 e. The molecule has 0 N–H and O–H groups in total. The minimum absolute atomic E-state index is 0.121. The van der Waals surface area contributed by atoms with Gasteiger partial charge in [-0.15, -0.1) is 21.5 Å². The van der Waals surface area contributed by atoms with Crippen LogP contribution in [0.15, 0.2) is 114 Å². The standard InChI is InChI=1S/C67H90FN9O7S2Si2/c1-49-45-59(71-72-61(49)70-64-77(48-81-43-44-87(13,14)15)55-33-22-23-34-57(55)85-64)76(63-69-60(62(78)80-12)58(86-63)35-26-42-82-56-37-36-50(46-54(56)68)27-24-38-73(8)9)39-25-28-51(47-74(10)40-41-75(11)65(79)83-66(2,3)4)84-88(67(5,6)7,52-29-18-16-19-30-52)53-31-20-17-21-32-53/h16-23,29-34,36-37,45-46,51H,25-26,28,35,38-44,47-48H2,1-15H3/b70-64-. The summed E-state index contributed by atoms with van der Waals surface area (Å²) >= 11 is 2.94. The Hall–Kier alpha value is -6.62. The number of halogens is 1. The van der Waals surface area contributed by atoms with Gasteiger partial charge < -0.3 is 38.1 Å². The number of likely N-dealkylation sites (N-methyl/N-ethyl adjacent to an activating group) is 2. The van der Waals surface area contributed by atoms with Crippen LogP contribution in [0.5, 0.6) is 5.75 Å². The molecule has 0 aliphatic rings. The number of carbonyl (C=O) groups is 2. The molecule has 1 unspecified atom stereocenters. The van der Waals surface area contributed by atoms with Gasteiger partial charge in [0.1, 0.15) is 12.3 Å². The van der Waals surface area contributed by atoms with Crippen molar-refractivity contribution in [3.8, 4) is 17.6 Å². The minimum atomic E-state index is -3.09. The third kappa shape index (κ3) is 19.2. The predicted molar refractivity (Wildman–Crippen MR) is 360 cm³/mol. The number of aryl methyl sites for hydroxylation is 2. The van der Waals surface area contributed by atoms with Gasteiger partial charge in [0.15, 0.2) is 38.8 Å². The summed E-state index contributed by atoms with van der Waals surface area (Å²) in [7, 11) is 4.62. The van der Waals surface area contributed by atoms with Gasteiger partial charge in [0.2, 0.25) is 0 Å². The van der Waals surface area contributed by atoms with Crippen molar-refractivity contribution in [3.63, 3.8) is 0 Å². The molecule has 472 valence electrons. The van der Waals surface area contributed by atoms with Crippen LogP contribution in [-0.4, -0.2) is 156 Å². The maximum atomic E-state index is 15.3. The summed E-state index contributed by atoms with van der Waals surface area (Å²) in [5.41, 5.74) is 1.93. The Bertz CT molecular complexity index is 3510. The van der Waals surface area contributed by atoms with E-state index in [9.17, 15) is 9.59 Å².